The zero-order chi connectivity index (χ0) is 10.8. The molecule has 1 aromatic carbocycles. The van der Waals surface area contributed by atoms with Gasteiger partial charge in [-0.1, -0.05) is 12.1 Å². The fourth-order valence-electron chi connectivity index (χ4n) is 1.33. The van der Waals surface area contributed by atoms with Gasteiger partial charge in [-0.25, -0.2) is 0 Å². The molecule has 0 aliphatic rings. The van der Waals surface area contributed by atoms with E-state index in [0.29, 0.717) is 3.57 Å². The monoisotopic (exact) mass is 312 g/mol. The quantitative estimate of drug-likeness (QED) is 0.756. The van der Waals surface area contributed by atoms with Gasteiger partial charge in [0.25, 0.3) is 5.56 Å². The Kier molecular flexibility index (Phi) is 2.86. The van der Waals surface area contributed by atoms with Gasteiger partial charge in [0.2, 0.25) is 0 Å². The molecule has 0 aliphatic carbocycles. The molecule has 0 fully saturated rings. The first-order valence-electron chi connectivity index (χ1n) is 4.49. The topological polar surface area (TPSA) is 34.9 Å². The van der Waals surface area contributed by atoms with E-state index in [1.807, 2.05) is 53.8 Å². The van der Waals surface area contributed by atoms with Crippen molar-refractivity contribution in [2.45, 2.75) is 6.92 Å². The summed E-state index contributed by atoms with van der Waals surface area (Å²) < 4.78 is 2.08. The first-order valence-corrected chi connectivity index (χ1v) is 5.57. The molecule has 0 radical (unpaired) electrons. The summed E-state index contributed by atoms with van der Waals surface area (Å²) in [4.78, 5) is 11.8. The smallest absolute Gasteiger partial charge is 0.266 e. The Balaban J connectivity index is 2.65. The van der Waals surface area contributed by atoms with Crippen LogP contribution in [-0.4, -0.2) is 9.78 Å². The predicted molar refractivity (Wildman–Crippen MR) is 67.3 cm³/mol. The SMILES string of the molecule is Cc1cccc(-n2nccc(I)c2=O)c1. The van der Waals surface area contributed by atoms with E-state index in [-0.39, 0.29) is 5.56 Å². The van der Waals surface area contributed by atoms with Crippen LogP contribution in [0.15, 0.2) is 41.3 Å². The zero-order valence-electron chi connectivity index (χ0n) is 8.14. The molecule has 0 amide bonds. The molecule has 0 unspecified atom stereocenters. The fourth-order valence-corrected chi connectivity index (χ4v) is 1.72. The third kappa shape index (κ3) is 2.09. The van der Waals surface area contributed by atoms with Crippen molar-refractivity contribution in [3.63, 3.8) is 0 Å². The van der Waals surface area contributed by atoms with E-state index in [4.69, 9.17) is 0 Å². The standard InChI is InChI=1S/C11H9IN2O/c1-8-3-2-4-9(7-8)14-11(15)10(12)5-6-13-14/h2-7H,1H3. The number of benzene rings is 1. The highest BCUT2D eigenvalue weighted by molar-refractivity contribution is 14.1. The van der Waals surface area contributed by atoms with Crippen LogP contribution in [0.3, 0.4) is 0 Å². The van der Waals surface area contributed by atoms with Gasteiger partial charge >= 0.3 is 0 Å². The number of aryl methyl sites for hydroxylation is 1. The van der Waals surface area contributed by atoms with Gasteiger partial charge in [-0.3, -0.25) is 4.79 Å². The van der Waals surface area contributed by atoms with Crippen LogP contribution in [0.4, 0.5) is 0 Å². The first kappa shape index (κ1) is 10.4. The molecule has 0 spiro atoms. The zero-order valence-corrected chi connectivity index (χ0v) is 10.3. The van der Waals surface area contributed by atoms with Crippen molar-refractivity contribution in [3.05, 3.63) is 56.0 Å². The molecule has 76 valence electrons. The van der Waals surface area contributed by atoms with Crippen LogP contribution in [0.1, 0.15) is 5.56 Å². The van der Waals surface area contributed by atoms with Crippen LogP contribution in [-0.2, 0) is 0 Å². The second-order valence-corrected chi connectivity index (χ2v) is 4.40. The summed E-state index contributed by atoms with van der Waals surface area (Å²) >= 11 is 2.01. The van der Waals surface area contributed by atoms with Crippen LogP contribution in [0, 0.1) is 10.5 Å². The van der Waals surface area contributed by atoms with Crippen LogP contribution >= 0.6 is 22.6 Å². The van der Waals surface area contributed by atoms with Crippen molar-refractivity contribution in [3.8, 4) is 5.69 Å². The molecule has 0 aliphatic heterocycles. The van der Waals surface area contributed by atoms with Crippen molar-refractivity contribution in [1.29, 1.82) is 0 Å². The minimum Gasteiger partial charge on any atom is -0.266 e. The van der Waals surface area contributed by atoms with Gasteiger partial charge in [-0.05, 0) is 53.3 Å². The number of hydrogen-bond acceptors (Lipinski definition) is 2. The van der Waals surface area contributed by atoms with Gasteiger partial charge in [0.05, 0.1) is 9.26 Å². The average molecular weight is 312 g/mol. The largest absolute Gasteiger partial charge is 0.284 e. The Morgan fingerprint density at radius 3 is 2.87 bits per heavy atom. The number of hydrogen-bond donors (Lipinski definition) is 0. The molecule has 15 heavy (non-hydrogen) atoms. The minimum atomic E-state index is -0.0799. The summed E-state index contributed by atoms with van der Waals surface area (Å²) in [5.74, 6) is 0. The molecule has 0 saturated carbocycles. The third-order valence-electron chi connectivity index (χ3n) is 2.05. The van der Waals surface area contributed by atoms with Crippen molar-refractivity contribution in [1.82, 2.24) is 9.78 Å². The van der Waals surface area contributed by atoms with Crippen molar-refractivity contribution >= 4 is 22.6 Å². The summed E-state index contributed by atoms with van der Waals surface area (Å²) in [6, 6.07) is 9.41. The molecule has 1 aromatic heterocycles. The number of rotatable bonds is 1. The molecule has 0 saturated heterocycles. The molecule has 4 heteroatoms. The molecule has 1 heterocycles. The van der Waals surface area contributed by atoms with Gasteiger partial charge in [0.1, 0.15) is 0 Å². The predicted octanol–water partition coefficient (Wildman–Crippen LogP) is 2.15. The molecule has 0 N–H and O–H groups in total. The van der Waals surface area contributed by atoms with E-state index in [2.05, 4.69) is 5.10 Å². The summed E-state index contributed by atoms with van der Waals surface area (Å²) in [5, 5.41) is 4.05. The van der Waals surface area contributed by atoms with E-state index in [1.165, 1.54) is 4.68 Å². The summed E-state index contributed by atoms with van der Waals surface area (Å²) in [6.07, 6.45) is 1.63. The van der Waals surface area contributed by atoms with E-state index in [1.54, 1.807) is 12.3 Å². The molecule has 3 nitrogen and oxygen atoms in total. The second-order valence-electron chi connectivity index (χ2n) is 3.24. The lowest BCUT2D eigenvalue weighted by Crippen LogP contribution is -2.22. The molecule has 0 bridgehead atoms. The Bertz CT molecular complexity index is 548. The second kappa shape index (κ2) is 4.14. The molecular formula is C11H9IN2O. The van der Waals surface area contributed by atoms with Crippen molar-refractivity contribution < 1.29 is 0 Å². The molecule has 2 rings (SSSR count). The van der Waals surface area contributed by atoms with Crippen molar-refractivity contribution in [2.24, 2.45) is 0 Å². The highest BCUT2D eigenvalue weighted by Gasteiger charge is 2.03. The van der Waals surface area contributed by atoms with E-state index in [0.717, 1.165) is 11.3 Å². The number of halogens is 1. The van der Waals surface area contributed by atoms with E-state index < -0.39 is 0 Å². The van der Waals surface area contributed by atoms with Gasteiger partial charge in [0.15, 0.2) is 0 Å². The fraction of sp³-hybridized carbons (Fsp3) is 0.0909. The Hall–Kier alpha value is -1.17. The third-order valence-corrected chi connectivity index (χ3v) is 2.87. The molecule has 2 aromatic rings. The maximum absolute atomic E-state index is 11.8. The Morgan fingerprint density at radius 2 is 2.13 bits per heavy atom. The molecular weight excluding hydrogens is 303 g/mol. The lowest BCUT2D eigenvalue weighted by atomic mass is 10.2. The average Bonchev–Trinajstić information content (AvgIpc) is 2.22. The van der Waals surface area contributed by atoms with Gasteiger partial charge < -0.3 is 0 Å². The maximum atomic E-state index is 11.8. The lowest BCUT2D eigenvalue weighted by molar-refractivity contribution is 0.799. The first-order chi connectivity index (χ1) is 7.18. The molecule has 0 atom stereocenters. The van der Waals surface area contributed by atoms with Crippen LogP contribution < -0.4 is 5.56 Å². The summed E-state index contributed by atoms with van der Waals surface area (Å²) in [5.41, 5.74) is 1.84. The summed E-state index contributed by atoms with van der Waals surface area (Å²) in [6.45, 7) is 1.99. The summed E-state index contributed by atoms with van der Waals surface area (Å²) in [7, 11) is 0. The van der Waals surface area contributed by atoms with Crippen LogP contribution in [0.5, 0.6) is 0 Å². The maximum Gasteiger partial charge on any atom is 0.284 e. The Labute approximate surface area is 101 Å². The highest BCUT2D eigenvalue weighted by Crippen LogP contribution is 2.07. The van der Waals surface area contributed by atoms with Gasteiger partial charge in [-0.2, -0.15) is 9.78 Å². The lowest BCUT2D eigenvalue weighted by Gasteiger charge is -2.04. The van der Waals surface area contributed by atoms with Gasteiger partial charge in [0, 0.05) is 6.20 Å². The highest BCUT2D eigenvalue weighted by atomic mass is 127. The van der Waals surface area contributed by atoms with E-state index in [9.17, 15) is 4.79 Å². The normalized spacial score (nSPS) is 10.3. The number of aromatic nitrogens is 2. The van der Waals surface area contributed by atoms with Gasteiger partial charge in [-0.15, -0.1) is 0 Å². The Morgan fingerprint density at radius 1 is 1.33 bits per heavy atom. The minimum absolute atomic E-state index is 0.0799. The van der Waals surface area contributed by atoms with Crippen LogP contribution in [0.25, 0.3) is 5.69 Å². The van der Waals surface area contributed by atoms with E-state index >= 15 is 0 Å². The number of nitrogens with zero attached hydrogens (tertiary/aromatic N) is 2. The van der Waals surface area contributed by atoms with Crippen LogP contribution in [0.2, 0.25) is 0 Å². The van der Waals surface area contributed by atoms with Crippen molar-refractivity contribution in [2.75, 3.05) is 0 Å².